The number of hydrogen-bond donors (Lipinski definition) is 1. The Bertz CT molecular complexity index is 476. The highest BCUT2D eigenvalue weighted by molar-refractivity contribution is 6.12. The molecule has 17 heavy (non-hydrogen) atoms. The second kappa shape index (κ2) is 4.40. The number of hydrogen-bond acceptors (Lipinski definition) is 3. The number of halogens is 1. The molecular formula is C11H11FN2O3. The van der Waals surface area contributed by atoms with Crippen LogP contribution in [0.15, 0.2) is 18.2 Å². The summed E-state index contributed by atoms with van der Waals surface area (Å²) in [6, 6.07) is 3.60. The summed E-state index contributed by atoms with van der Waals surface area (Å²) < 4.78 is 18.6. The molecule has 1 aromatic rings. The average Bonchev–Trinajstić information content (AvgIpc) is 2.61. The molecule has 1 heterocycles. The third-order valence-electron chi connectivity index (χ3n) is 2.32. The standard InChI is InChI=1S/C11H11FN2O3/c1-2-17-9-4-3-7(5-8(9)12)14-6-10(15)13-11(14)16/h3-5H,2,6H2,1H3,(H,13,15,16). The van der Waals surface area contributed by atoms with Crippen LogP contribution in [0.2, 0.25) is 0 Å². The van der Waals surface area contributed by atoms with Gasteiger partial charge in [0.25, 0.3) is 0 Å². The Balaban J connectivity index is 2.25. The fourth-order valence-corrected chi connectivity index (χ4v) is 1.58. The first kappa shape index (κ1) is 11.4. The maximum Gasteiger partial charge on any atom is 0.329 e. The fourth-order valence-electron chi connectivity index (χ4n) is 1.58. The van der Waals surface area contributed by atoms with Gasteiger partial charge in [-0.25, -0.2) is 9.18 Å². The van der Waals surface area contributed by atoms with Gasteiger partial charge in [0.15, 0.2) is 11.6 Å². The number of rotatable bonds is 3. The van der Waals surface area contributed by atoms with E-state index in [0.29, 0.717) is 12.3 Å². The number of anilines is 1. The summed E-state index contributed by atoms with van der Waals surface area (Å²) in [7, 11) is 0. The summed E-state index contributed by atoms with van der Waals surface area (Å²) in [5.74, 6) is -0.831. The fraction of sp³-hybridized carbons (Fsp3) is 0.273. The highest BCUT2D eigenvalue weighted by atomic mass is 19.1. The van der Waals surface area contributed by atoms with Crippen molar-refractivity contribution < 1.29 is 18.7 Å². The van der Waals surface area contributed by atoms with Crippen molar-refractivity contribution in [3.05, 3.63) is 24.0 Å². The number of nitrogens with zero attached hydrogens (tertiary/aromatic N) is 1. The van der Waals surface area contributed by atoms with Crippen LogP contribution in [-0.4, -0.2) is 25.1 Å². The smallest absolute Gasteiger partial charge is 0.329 e. The van der Waals surface area contributed by atoms with Gasteiger partial charge < -0.3 is 4.74 Å². The molecule has 0 spiro atoms. The lowest BCUT2D eigenvalue weighted by molar-refractivity contribution is -0.117. The molecule has 6 heteroatoms. The average molecular weight is 238 g/mol. The Kier molecular flexibility index (Phi) is 2.95. The summed E-state index contributed by atoms with van der Waals surface area (Å²) in [6.45, 7) is 2.02. The maximum atomic E-state index is 13.5. The number of benzene rings is 1. The van der Waals surface area contributed by atoms with Crippen LogP contribution in [0, 0.1) is 5.82 Å². The first-order valence-electron chi connectivity index (χ1n) is 5.15. The molecule has 1 saturated heterocycles. The molecule has 1 aliphatic heterocycles. The van der Waals surface area contributed by atoms with Crippen LogP contribution in [-0.2, 0) is 4.79 Å². The molecule has 5 nitrogen and oxygen atoms in total. The van der Waals surface area contributed by atoms with Crippen LogP contribution < -0.4 is 15.0 Å². The second-order valence-corrected chi connectivity index (χ2v) is 3.49. The highest BCUT2D eigenvalue weighted by Crippen LogP contribution is 2.24. The van der Waals surface area contributed by atoms with Gasteiger partial charge in [0.2, 0.25) is 5.91 Å². The van der Waals surface area contributed by atoms with Crippen LogP contribution in [0.3, 0.4) is 0 Å². The van der Waals surface area contributed by atoms with E-state index in [1.54, 1.807) is 6.92 Å². The largest absolute Gasteiger partial charge is 0.491 e. The first-order chi connectivity index (χ1) is 8.11. The van der Waals surface area contributed by atoms with Gasteiger partial charge in [-0.1, -0.05) is 0 Å². The molecule has 0 aliphatic carbocycles. The summed E-state index contributed by atoms with van der Waals surface area (Å²) in [5.41, 5.74) is 0.328. The van der Waals surface area contributed by atoms with E-state index in [1.165, 1.54) is 23.1 Å². The molecular weight excluding hydrogens is 227 g/mol. The van der Waals surface area contributed by atoms with E-state index < -0.39 is 17.8 Å². The van der Waals surface area contributed by atoms with Crippen LogP contribution in [0.1, 0.15) is 6.92 Å². The van der Waals surface area contributed by atoms with Gasteiger partial charge in [-0.15, -0.1) is 0 Å². The van der Waals surface area contributed by atoms with Crippen LogP contribution in [0.5, 0.6) is 5.75 Å². The minimum atomic E-state index is -0.559. The van der Waals surface area contributed by atoms with Gasteiger partial charge in [0.1, 0.15) is 6.54 Å². The molecule has 0 saturated carbocycles. The molecule has 1 fully saturated rings. The molecule has 1 aliphatic rings. The molecule has 1 N–H and O–H groups in total. The molecule has 90 valence electrons. The SMILES string of the molecule is CCOc1ccc(N2CC(=O)NC2=O)cc1F. The van der Waals surface area contributed by atoms with Crippen LogP contribution in [0.25, 0.3) is 0 Å². The lowest BCUT2D eigenvalue weighted by atomic mass is 10.2. The maximum absolute atomic E-state index is 13.5. The second-order valence-electron chi connectivity index (χ2n) is 3.49. The summed E-state index contributed by atoms with van der Waals surface area (Å²) in [4.78, 5) is 23.5. The Morgan fingerprint density at radius 1 is 1.47 bits per heavy atom. The predicted molar refractivity (Wildman–Crippen MR) is 58.5 cm³/mol. The third kappa shape index (κ3) is 2.20. The molecule has 0 radical (unpaired) electrons. The molecule has 3 amide bonds. The Morgan fingerprint density at radius 2 is 2.24 bits per heavy atom. The predicted octanol–water partition coefficient (Wildman–Crippen LogP) is 1.28. The lowest BCUT2D eigenvalue weighted by Gasteiger charge is -2.14. The van der Waals surface area contributed by atoms with Crippen LogP contribution >= 0.6 is 0 Å². The molecule has 0 aromatic heterocycles. The van der Waals surface area contributed by atoms with Crippen molar-refractivity contribution >= 4 is 17.6 Å². The van der Waals surface area contributed by atoms with Crippen molar-refractivity contribution in [1.82, 2.24) is 5.32 Å². The number of carbonyl (C=O) groups is 2. The van der Waals surface area contributed by atoms with E-state index in [-0.39, 0.29) is 12.3 Å². The van der Waals surface area contributed by atoms with Gasteiger partial charge in [0.05, 0.1) is 6.61 Å². The Labute approximate surface area is 97.2 Å². The summed E-state index contributed by atoms with van der Waals surface area (Å²) in [5, 5.41) is 2.12. The van der Waals surface area contributed by atoms with Crippen molar-refractivity contribution in [2.24, 2.45) is 0 Å². The quantitative estimate of drug-likeness (QED) is 0.807. The number of ether oxygens (including phenoxy) is 1. The molecule has 0 unspecified atom stereocenters. The van der Waals surface area contributed by atoms with Gasteiger partial charge in [-0.3, -0.25) is 15.0 Å². The zero-order chi connectivity index (χ0) is 12.4. The van der Waals surface area contributed by atoms with E-state index >= 15 is 0 Å². The van der Waals surface area contributed by atoms with Gasteiger partial charge in [0, 0.05) is 11.8 Å². The summed E-state index contributed by atoms with van der Waals surface area (Å²) in [6.07, 6.45) is 0. The highest BCUT2D eigenvalue weighted by Gasteiger charge is 2.28. The van der Waals surface area contributed by atoms with Crippen LogP contribution in [0.4, 0.5) is 14.9 Å². The topological polar surface area (TPSA) is 58.6 Å². The van der Waals surface area contributed by atoms with Gasteiger partial charge in [-0.05, 0) is 19.1 Å². The van der Waals surface area contributed by atoms with Crippen molar-refractivity contribution in [2.45, 2.75) is 6.92 Å². The Hall–Kier alpha value is -2.11. The van der Waals surface area contributed by atoms with Gasteiger partial charge in [-0.2, -0.15) is 0 Å². The van der Waals surface area contributed by atoms with Crippen molar-refractivity contribution in [1.29, 1.82) is 0 Å². The number of amides is 3. The van der Waals surface area contributed by atoms with E-state index in [2.05, 4.69) is 5.32 Å². The zero-order valence-corrected chi connectivity index (χ0v) is 9.20. The molecule has 1 aromatic carbocycles. The first-order valence-corrected chi connectivity index (χ1v) is 5.15. The van der Waals surface area contributed by atoms with Crippen molar-refractivity contribution in [2.75, 3.05) is 18.1 Å². The van der Waals surface area contributed by atoms with Crippen molar-refractivity contribution in [3.8, 4) is 5.75 Å². The molecule has 0 atom stereocenters. The third-order valence-corrected chi connectivity index (χ3v) is 2.32. The Morgan fingerprint density at radius 3 is 2.76 bits per heavy atom. The van der Waals surface area contributed by atoms with E-state index in [9.17, 15) is 14.0 Å². The normalized spacial score (nSPS) is 15.1. The number of carbonyl (C=O) groups excluding carboxylic acids is 2. The number of nitrogens with one attached hydrogen (secondary N) is 1. The minimum absolute atomic E-state index is 0.0910. The van der Waals surface area contributed by atoms with Crippen molar-refractivity contribution in [3.63, 3.8) is 0 Å². The number of urea groups is 1. The minimum Gasteiger partial charge on any atom is -0.491 e. The number of imide groups is 1. The monoisotopic (exact) mass is 238 g/mol. The van der Waals surface area contributed by atoms with E-state index in [0.717, 1.165) is 0 Å². The van der Waals surface area contributed by atoms with E-state index in [4.69, 9.17) is 4.74 Å². The summed E-state index contributed by atoms with van der Waals surface area (Å²) >= 11 is 0. The van der Waals surface area contributed by atoms with E-state index in [1.807, 2.05) is 0 Å². The molecule has 0 bridgehead atoms. The van der Waals surface area contributed by atoms with Gasteiger partial charge >= 0.3 is 6.03 Å². The lowest BCUT2D eigenvalue weighted by Crippen LogP contribution is -2.27. The zero-order valence-electron chi connectivity index (χ0n) is 9.20. The molecule has 2 rings (SSSR count).